The second-order valence-electron chi connectivity index (χ2n) is 3.90. The molecule has 18 heavy (non-hydrogen) atoms. The lowest BCUT2D eigenvalue weighted by Crippen LogP contribution is -2.29. The molecule has 0 fully saturated rings. The zero-order valence-corrected chi connectivity index (χ0v) is 10.3. The average molecular weight is 249 g/mol. The number of nitrogens with two attached hydrogens (primary N) is 1. The van der Waals surface area contributed by atoms with Crippen molar-refractivity contribution in [1.29, 1.82) is 5.26 Å². The van der Waals surface area contributed by atoms with Gasteiger partial charge in [0.2, 0.25) is 5.82 Å². The molecule has 1 rings (SSSR count). The summed E-state index contributed by atoms with van der Waals surface area (Å²) in [6.45, 7) is 4.49. The van der Waals surface area contributed by atoms with Crippen molar-refractivity contribution in [1.82, 2.24) is 4.98 Å². The number of anilines is 2. The Kier molecular flexibility index (Phi) is 4.43. The maximum absolute atomic E-state index is 10.9. The van der Waals surface area contributed by atoms with Crippen molar-refractivity contribution < 1.29 is 4.92 Å². The summed E-state index contributed by atoms with van der Waals surface area (Å²) in [5.74, 6) is 0.191. The number of hydrogen-bond donors (Lipinski definition) is 1. The molecule has 0 aliphatic rings. The number of pyridine rings is 1. The van der Waals surface area contributed by atoms with E-state index < -0.39 is 4.92 Å². The summed E-state index contributed by atoms with van der Waals surface area (Å²) in [5.41, 5.74) is 5.46. The molecule has 0 saturated heterocycles. The minimum Gasteiger partial charge on any atom is -0.384 e. The molecule has 0 aliphatic carbocycles. The minimum absolute atomic E-state index is 0.101. The van der Waals surface area contributed by atoms with Gasteiger partial charge in [0.1, 0.15) is 5.82 Å². The van der Waals surface area contributed by atoms with E-state index in [-0.39, 0.29) is 23.2 Å². The lowest BCUT2D eigenvalue weighted by atomic mass is 10.2. The van der Waals surface area contributed by atoms with E-state index in [4.69, 9.17) is 11.0 Å². The van der Waals surface area contributed by atoms with Crippen LogP contribution in [0.15, 0.2) is 12.1 Å². The summed E-state index contributed by atoms with van der Waals surface area (Å²) in [5, 5.41) is 19.7. The Balaban J connectivity index is 3.15. The normalized spacial score (nSPS) is 11.6. The van der Waals surface area contributed by atoms with Gasteiger partial charge in [0, 0.05) is 19.2 Å². The van der Waals surface area contributed by atoms with E-state index in [0.717, 1.165) is 0 Å². The topological polar surface area (TPSA) is 109 Å². The smallest absolute Gasteiger partial charge is 0.311 e. The van der Waals surface area contributed by atoms with Gasteiger partial charge in [-0.2, -0.15) is 5.26 Å². The first kappa shape index (κ1) is 13.7. The van der Waals surface area contributed by atoms with E-state index in [1.165, 1.54) is 12.1 Å². The number of nitriles is 1. The van der Waals surface area contributed by atoms with Crippen molar-refractivity contribution in [3.8, 4) is 6.07 Å². The van der Waals surface area contributed by atoms with E-state index in [2.05, 4.69) is 11.1 Å². The molecule has 1 aromatic rings. The van der Waals surface area contributed by atoms with Crippen LogP contribution in [-0.4, -0.2) is 23.0 Å². The predicted molar refractivity (Wildman–Crippen MR) is 68.0 cm³/mol. The SMILES string of the molecule is CCN(CC(C)C#N)c1nc(N)ccc1[N+](=O)[O-]. The quantitative estimate of drug-likeness (QED) is 0.626. The van der Waals surface area contributed by atoms with Crippen LogP contribution in [-0.2, 0) is 0 Å². The van der Waals surface area contributed by atoms with Crippen LogP contribution in [0.25, 0.3) is 0 Å². The first-order valence-electron chi connectivity index (χ1n) is 5.55. The van der Waals surface area contributed by atoms with Gasteiger partial charge in [0.05, 0.1) is 16.9 Å². The molecule has 0 bridgehead atoms. The van der Waals surface area contributed by atoms with Gasteiger partial charge >= 0.3 is 5.69 Å². The first-order chi connectivity index (χ1) is 8.49. The summed E-state index contributed by atoms with van der Waals surface area (Å²) in [7, 11) is 0. The van der Waals surface area contributed by atoms with Gasteiger partial charge < -0.3 is 10.6 Å². The Bertz CT molecular complexity index is 483. The molecule has 0 radical (unpaired) electrons. The fourth-order valence-corrected chi connectivity index (χ4v) is 1.57. The number of nitro groups is 1. The number of nitrogen functional groups attached to an aromatic ring is 1. The minimum atomic E-state index is -0.499. The Labute approximate surface area is 105 Å². The van der Waals surface area contributed by atoms with Gasteiger partial charge in [-0.25, -0.2) is 4.98 Å². The molecule has 7 nitrogen and oxygen atoms in total. The summed E-state index contributed by atoms with van der Waals surface area (Å²) in [6, 6.07) is 4.82. The number of hydrogen-bond acceptors (Lipinski definition) is 6. The van der Waals surface area contributed by atoms with Crippen LogP contribution in [0.3, 0.4) is 0 Å². The van der Waals surface area contributed by atoms with Crippen molar-refractivity contribution in [3.63, 3.8) is 0 Å². The second kappa shape index (κ2) is 5.82. The van der Waals surface area contributed by atoms with Crippen LogP contribution in [0, 0.1) is 27.4 Å². The van der Waals surface area contributed by atoms with E-state index in [0.29, 0.717) is 13.1 Å². The highest BCUT2D eigenvalue weighted by Gasteiger charge is 2.21. The monoisotopic (exact) mass is 249 g/mol. The van der Waals surface area contributed by atoms with Gasteiger partial charge in [-0.05, 0) is 19.9 Å². The second-order valence-corrected chi connectivity index (χ2v) is 3.90. The molecular weight excluding hydrogens is 234 g/mol. The molecule has 1 unspecified atom stereocenters. The first-order valence-corrected chi connectivity index (χ1v) is 5.55. The van der Waals surface area contributed by atoms with Crippen molar-refractivity contribution in [2.24, 2.45) is 5.92 Å². The highest BCUT2D eigenvalue weighted by atomic mass is 16.6. The highest BCUT2D eigenvalue weighted by molar-refractivity contribution is 5.61. The highest BCUT2D eigenvalue weighted by Crippen LogP contribution is 2.27. The van der Waals surface area contributed by atoms with Crippen molar-refractivity contribution in [2.45, 2.75) is 13.8 Å². The standard InChI is InChI=1S/C11H15N5O2/c1-3-15(7-8(2)6-12)11-9(16(17)18)4-5-10(13)14-11/h4-5,8H,3,7H2,1-2H3,(H2,13,14). The molecule has 2 N–H and O–H groups in total. The fraction of sp³-hybridized carbons (Fsp3) is 0.455. The van der Waals surface area contributed by atoms with Crippen LogP contribution in [0.4, 0.5) is 17.3 Å². The summed E-state index contributed by atoms with van der Waals surface area (Å²) < 4.78 is 0. The van der Waals surface area contributed by atoms with E-state index in [1.807, 2.05) is 6.92 Å². The Morgan fingerprint density at radius 1 is 1.67 bits per heavy atom. The van der Waals surface area contributed by atoms with Crippen LogP contribution in [0.2, 0.25) is 0 Å². The molecule has 7 heteroatoms. The van der Waals surface area contributed by atoms with Crippen molar-refractivity contribution >= 4 is 17.3 Å². The molecule has 1 heterocycles. The van der Waals surface area contributed by atoms with Crippen LogP contribution >= 0.6 is 0 Å². The molecule has 0 amide bonds. The van der Waals surface area contributed by atoms with Gasteiger partial charge in [0.25, 0.3) is 0 Å². The summed E-state index contributed by atoms with van der Waals surface area (Å²) in [6.07, 6.45) is 0. The van der Waals surface area contributed by atoms with E-state index in [9.17, 15) is 10.1 Å². The van der Waals surface area contributed by atoms with Gasteiger partial charge in [-0.3, -0.25) is 10.1 Å². The lowest BCUT2D eigenvalue weighted by Gasteiger charge is -2.22. The molecule has 1 atom stereocenters. The van der Waals surface area contributed by atoms with Crippen molar-refractivity contribution in [3.05, 3.63) is 22.2 Å². The maximum atomic E-state index is 10.9. The number of nitrogens with zero attached hydrogens (tertiary/aromatic N) is 4. The fourth-order valence-electron chi connectivity index (χ4n) is 1.57. The predicted octanol–water partition coefficient (Wildman–Crippen LogP) is 1.56. The molecule has 0 aliphatic heterocycles. The Morgan fingerprint density at radius 2 is 2.33 bits per heavy atom. The van der Waals surface area contributed by atoms with Crippen LogP contribution in [0.5, 0.6) is 0 Å². The van der Waals surface area contributed by atoms with Crippen molar-refractivity contribution in [2.75, 3.05) is 23.7 Å². The molecule has 0 aromatic carbocycles. The lowest BCUT2D eigenvalue weighted by molar-refractivity contribution is -0.384. The zero-order valence-electron chi connectivity index (χ0n) is 10.3. The molecule has 0 spiro atoms. The summed E-state index contributed by atoms with van der Waals surface area (Å²) in [4.78, 5) is 16.1. The largest absolute Gasteiger partial charge is 0.384 e. The van der Waals surface area contributed by atoms with Crippen LogP contribution in [0.1, 0.15) is 13.8 Å². The van der Waals surface area contributed by atoms with Crippen LogP contribution < -0.4 is 10.6 Å². The third-order valence-electron chi connectivity index (χ3n) is 2.47. The van der Waals surface area contributed by atoms with Gasteiger partial charge in [-0.15, -0.1) is 0 Å². The average Bonchev–Trinajstić information content (AvgIpc) is 2.35. The maximum Gasteiger partial charge on any atom is 0.311 e. The number of aromatic nitrogens is 1. The number of rotatable bonds is 5. The molecular formula is C11H15N5O2. The Hall–Kier alpha value is -2.36. The Morgan fingerprint density at radius 3 is 2.83 bits per heavy atom. The van der Waals surface area contributed by atoms with E-state index in [1.54, 1.807) is 11.8 Å². The van der Waals surface area contributed by atoms with Gasteiger partial charge in [-0.1, -0.05) is 0 Å². The molecule has 96 valence electrons. The van der Waals surface area contributed by atoms with E-state index >= 15 is 0 Å². The summed E-state index contributed by atoms with van der Waals surface area (Å²) >= 11 is 0. The molecule has 1 aromatic heterocycles. The zero-order chi connectivity index (χ0) is 13.7. The third-order valence-corrected chi connectivity index (χ3v) is 2.47. The molecule has 0 saturated carbocycles. The van der Waals surface area contributed by atoms with Gasteiger partial charge in [0.15, 0.2) is 0 Å². The third kappa shape index (κ3) is 3.07.